The Morgan fingerprint density at radius 3 is 2.65 bits per heavy atom. The Balaban J connectivity index is 1.73. The van der Waals surface area contributed by atoms with E-state index in [-0.39, 0.29) is 23.9 Å². The molecule has 5 nitrogen and oxygen atoms in total. The largest absolute Gasteiger partial charge is 0.496 e. The lowest BCUT2D eigenvalue weighted by Gasteiger charge is -2.13. The highest BCUT2D eigenvalue weighted by atomic mass is 19.1. The van der Waals surface area contributed by atoms with Gasteiger partial charge in [-0.2, -0.15) is 0 Å². The van der Waals surface area contributed by atoms with Crippen LogP contribution in [-0.2, 0) is 11.3 Å². The summed E-state index contributed by atoms with van der Waals surface area (Å²) < 4.78 is 18.9. The number of para-hydroxylation sites is 1. The van der Waals surface area contributed by atoms with Crippen LogP contribution in [0.2, 0.25) is 0 Å². The Kier molecular flexibility index (Phi) is 5.21. The number of anilines is 1. The van der Waals surface area contributed by atoms with Crippen LogP contribution in [0.15, 0.2) is 42.5 Å². The summed E-state index contributed by atoms with van der Waals surface area (Å²) in [5.74, 6) is -0.172. The van der Waals surface area contributed by atoms with Gasteiger partial charge in [0.1, 0.15) is 11.6 Å². The fourth-order valence-corrected chi connectivity index (χ4v) is 2.85. The molecule has 0 heterocycles. The fourth-order valence-electron chi connectivity index (χ4n) is 2.85. The molecule has 1 fully saturated rings. The van der Waals surface area contributed by atoms with E-state index in [9.17, 15) is 14.0 Å². The predicted octanol–water partition coefficient (Wildman–Crippen LogP) is 3.36. The summed E-state index contributed by atoms with van der Waals surface area (Å²) in [4.78, 5) is 24.7. The standard InChI is InChI=1S/C20H21FN2O3/c1-12-9-15(12)20(25)23-17-8-7-14(21)10-16(17)19(24)22-11-13-5-3-4-6-18(13)26-2/h3-8,10,12,15H,9,11H2,1-2H3,(H,22,24)(H,23,25)/t12-,15+/m1/s1. The number of hydrogen-bond donors (Lipinski definition) is 2. The zero-order chi connectivity index (χ0) is 18.7. The first-order chi connectivity index (χ1) is 12.5. The van der Waals surface area contributed by atoms with Crippen LogP contribution in [0.5, 0.6) is 5.75 Å². The third kappa shape index (κ3) is 4.02. The first-order valence-electron chi connectivity index (χ1n) is 8.50. The van der Waals surface area contributed by atoms with E-state index in [1.54, 1.807) is 13.2 Å². The third-order valence-corrected chi connectivity index (χ3v) is 4.56. The molecule has 26 heavy (non-hydrogen) atoms. The Morgan fingerprint density at radius 1 is 1.23 bits per heavy atom. The van der Waals surface area contributed by atoms with Crippen molar-refractivity contribution in [1.82, 2.24) is 5.32 Å². The van der Waals surface area contributed by atoms with Crippen LogP contribution in [0, 0.1) is 17.7 Å². The number of nitrogens with one attached hydrogen (secondary N) is 2. The van der Waals surface area contributed by atoms with Crippen molar-refractivity contribution in [3.63, 3.8) is 0 Å². The number of halogens is 1. The van der Waals surface area contributed by atoms with E-state index < -0.39 is 11.7 Å². The second kappa shape index (κ2) is 7.56. The summed E-state index contributed by atoms with van der Waals surface area (Å²) >= 11 is 0. The van der Waals surface area contributed by atoms with Crippen molar-refractivity contribution in [2.24, 2.45) is 11.8 Å². The number of hydrogen-bond acceptors (Lipinski definition) is 3. The Labute approximate surface area is 151 Å². The molecule has 1 saturated carbocycles. The lowest BCUT2D eigenvalue weighted by molar-refractivity contribution is -0.117. The van der Waals surface area contributed by atoms with Gasteiger partial charge in [0.05, 0.1) is 18.4 Å². The second-order valence-corrected chi connectivity index (χ2v) is 6.49. The van der Waals surface area contributed by atoms with Crippen molar-refractivity contribution >= 4 is 17.5 Å². The lowest BCUT2D eigenvalue weighted by atomic mass is 10.1. The van der Waals surface area contributed by atoms with E-state index in [1.807, 2.05) is 25.1 Å². The second-order valence-electron chi connectivity index (χ2n) is 6.49. The first-order valence-corrected chi connectivity index (χ1v) is 8.50. The highest BCUT2D eigenvalue weighted by molar-refractivity contribution is 6.04. The van der Waals surface area contributed by atoms with Crippen LogP contribution in [-0.4, -0.2) is 18.9 Å². The van der Waals surface area contributed by atoms with Crippen LogP contribution in [0.3, 0.4) is 0 Å². The van der Waals surface area contributed by atoms with Gasteiger partial charge in [-0.15, -0.1) is 0 Å². The van der Waals surface area contributed by atoms with Gasteiger partial charge in [-0.25, -0.2) is 4.39 Å². The molecule has 3 rings (SSSR count). The van der Waals surface area contributed by atoms with Crippen LogP contribution in [0.1, 0.15) is 29.3 Å². The van der Waals surface area contributed by atoms with E-state index in [0.29, 0.717) is 17.4 Å². The molecule has 2 aromatic rings. The number of rotatable bonds is 6. The van der Waals surface area contributed by atoms with Crippen molar-refractivity contribution in [3.05, 3.63) is 59.4 Å². The smallest absolute Gasteiger partial charge is 0.253 e. The molecule has 0 spiro atoms. The summed E-state index contributed by atoms with van der Waals surface area (Å²) in [6.07, 6.45) is 0.836. The number of methoxy groups -OCH3 is 1. The van der Waals surface area contributed by atoms with Crippen LogP contribution in [0.25, 0.3) is 0 Å². The maximum Gasteiger partial charge on any atom is 0.253 e. The van der Waals surface area contributed by atoms with Crippen LogP contribution >= 0.6 is 0 Å². The number of carbonyl (C=O) groups excluding carboxylic acids is 2. The normalized spacial score (nSPS) is 18.1. The molecule has 0 aliphatic heterocycles. The zero-order valence-corrected chi connectivity index (χ0v) is 14.7. The van der Waals surface area contributed by atoms with Gasteiger partial charge in [0.2, 0.25) is 5.91 Å². The molecule has 0 aromatic heterocycles. The van der Waals surface area contributed by atoms with Gasteiger partial charge in [-0.1, -0.05) is 25.1 Å². The number of ether oxygens (including phenoxy) is 1. The van der Waals surface area contributed by atoms with Gasteiger partial charge in [0.25, 0.3) is 5.91 Å². The molecule has 2 atom stereocenters. The van der Waals surface area contributed by atoms with Crippen molar-refractivity contribution in [3.8, 4) is 5.75 Å². The van der Waals surface area contributed by atoms with E-state index in [2.05, 4.69) is 10.6 Å². The summed E-state index contributed by atoms with van der Waals surface area (Å²) in [6, 6.07) is 11.1. The van der Waals surface area contributed by atoms with E-state index in [1.165, 1.54) is 12.1 Å². The first kappa shape index (κ1) is 17.9. The van der Waals surface area contributed by atoms with Gasteiger partial charge in [-0.3, -0.25) is 9.59 Å². The number of benzene rings is 2. The molecule has 136 valence electrons. The fraction of sp³-hybridized carbons (Fsp3) is 0.300. The van der Waals surface area contributed by atoms with E-state index in [0.717, 1.165) is 18.1 Å². The molecular weight excluding hydrogens is 335 g/mol. The maximum atomic E-state index is 13.6. The molecule has 0 bridgehead atoms. The summed E-state index contributed by atoms with van der Waals surface area (Å²) in [7, 11) is 1.56. The maximum absolute atomic E-state index is 13.6. The minimum Gasteiger partial charge on any atom is -0.496 e. The van der Waals surface area contributed by atoms with Crippen molar-refractivity contribution in [1.29, 1.82) is 0 Å². The van der Waals surface area contributed by atoms with Crippen molar-refractivity contribution in [2.75, 3.05) is 12.4 Å². The minimum absolute atomic E-state index is 0.0375. The molecule has 0 saturated heterocycles. The Morgan fingerprint density at radius 2 is 1.96 bits per heavy atom. The molecule has 0 unspecified atom stereocenters. The van der Waals surface area contributed by atoms with Crippen LogP contribution < -0.4 is 15.4 Å². The molecule has 1 aliphatic rings. The zero-order valence-electron chi connectivity index (χ0n) is 14.7. The number of carbonyl (C=O) groups is 2. The van der Waals surface area contributed by atoms with Crippen molar-refractivity contribution < 1.29 is 18.7 Å². The lowest BCUT2D eigenvalue weighted by Crippen LogP contribution is -2.25. The molecule has 2 amide bonds. The Bertz CT molecular complexity index is 838. The van der Waals surface area contributed by atoms with Crippen molar-refractivity contribution in [2.45, 2.75) is 19.9 Å². The van der Waals surface area contributed by atoms with Gasteiger partial charge >= 0.3 is 0 Å². The third-order valence-electron chi connectivity index (χ3n) is 4.56. The summed E-state index contributed by atoms with van der Waals surface area (Å²) in [5, 5.41) is 5.49. The SMILES string of the molecule is COc1ccccc1CNC(=O)c1cc(F)ccc1NC(=O)[C@H]1C[C@H]1C. The number of amides is 2. The molecule has 1 aliphatic carbocycles. The van der Waals surface area contributed by atoms with Gasteiger partial charge in [-0.05, 0) is 36.6 Å². The minimum atomic E-state index is -0.537. The molecule has 2 N–H and O–H groups in total. The van der Waals surface area contributed by atoms with Gasteiger partial charge in [0, 0.05) is 18.0 Å². The van der Waals surface area contributed by atoms with Gasteiger partial charge < -0.3 is 15.4 Å². The molecule has 2 aromatic carbocycles. The quantitative estimate of drug-likeness (QED) is 0.834. The van der Waals surface area contributed by atoms with E-state index >= 15 is 0 Å². The average molecular weight is 356 g/mol. The highest BCUT2D eigenvalue weighted by Crippen LogP contribution is 2.38. The van der Waals surface area contributed by atoms with Gasteiger partial charge in [0.15, 0.2) is 0 Å². The molecule has 6 heteroatoms. The van der Waals surface area contributed by atoms with E-state index in [4.69, 9.17) is 4.74 Å². The predicted molar refractivity (Wildman–Crippen MR) is 96.5 cm³/mol. The molecular formula is C20H21FN2O3. The summed E-state index contributed by atoms with van der Waals surface area (Å²) in [5.41, 5.74) is 1.21. The topological polar surface area (TPSA) is 67.4 Å². The van der Waals surface area contributed by atoms with Crippen LogP contribution in [0.4, 0.5) is 10.1 Å². The monoisotopic (exact) mass is 356 g/mol. The molecule has 0 radical (unpaired) electrons. The average Bonchev–Trinajstić information content (AvgIpc) is 3.38. The summed E-state index contributed by atoms with van der Waals surface area (Å²) in [6.45, 7) is 2.22. The Hall–Kier alpha value is -2.89. The highest BCUT2D eigenvalue weighted by Gasteiger charge is 2.39.